The molecule has 7 nitrogen and oxygen atoms in total. The average Bonchev–Trinajstić information content (AvgIpc) is 3.04. The molecule has 1 fully saturated rings. The van der Waals surface area contributed by atoms with Crippen molar-refractivity contribution in [1.82, 2.24) is 10.6 Å². The smallest absolute Gasteiger partial charge is 0.405 e. The lowest BCUT2D eigenvalue weighted by Crippen LogP contribution is -2.47. The van der Waals surface area contributed by atoms with Crippen LogP contribution in [-0.2, 0) is 16.0 Å². The molecule has 0 aromatic heterocycles. The van der Waals surface area contributed by atoms with Crippen molar-refractivity contribution in [3.63, 3.8) is 0 Å². The van der Waals surface area contributed by atoms with Gasteiger partial charge >= 0.3 is 6.09 Å². The molecular weight excluding hydrogens is 638 g/mol. The van der Waals surface area contributed by atoms with Crippen LogP contribution in [0.1, 0.15) is 29.0 Å². The molecule has 0 radical (unpaired) electrons. The molecule has 5 rings (SSSR count). The van der Waals surface area contributed by atoms with E-state index < -0.39 is 24.0 Å². The first-order valence-electron chi connectivity index (χ1n) is 14.7. The number of carbonyl (C=O) groups is 2. The summed E-state index contributed by atoms with van der Waals surface area (Å²) in [6.07, 6.45) is 0.369. The van der Waals surface area contributed by atoms with Crippen LogP contribution in [0, 0.1) is 0 Å². The molecule has 0 aliphatic carbocycles. The second kappa shape index (κ2) is 15.9. The predicted molar refractivity (Wildman–Crippen MR) is 179 cm³/mol. The highest BCUT2D eigenvalue weighted by Gasteiger charge is 2.33. The Morgan fingerprint density at radius 1 is 0.886 bits per heavy atom. The molecule has 1 aliphatic heterocycles. The highest BCUT2D eigenvalue weighted by molar-refractivity contribution is 9.10. The van der Waals surface area contributed by atoms with Gasteiger partial charge in [0.15, 0.2) is 0 Å². The second-order valence-electron chi connectivity index (χ2n) is 10.7. The third-order valence-electron chi connectivity index (χ3n) is 7.58. The molecule has 9 heteroatoms. The normalized spacial score (nSPS) is 17.1. The number of ether oxygens (including phenoxy) is 1. The Kier molecular flexibility index (Phi) is 11.5. The minimum absolute atomic E-state index is 0.0441. The van der Waals surface area contributed by atoms with Crippen molar-refractivity contribution in [1.29, 1.82) is 0 Å². The van der Waals surface area contributed by atoms with Crippen molar-refractivity contribution in [3.8, 4) is 0 Å². The molecule has 0 saturated carbocycles. The van der Waals surface area contributed by atoms with Crippen LogP contribution in [0.2, 0.25) is 0 Å². The number of halogens is 1. The van der Waals surface area contributed by atoms with E-state index in [1.165, 1.54) is 4.90 Å². The van der Waals surface area contributed by atoms with Gasteiger partial charge < -0.3 is 25.8 Å². The van der Waals surface area contributed by atoms with Crippen LogP contribution in [0.25, 0.3) is 0 Å². The number of thioether (sulfide) groups is 1. The summed E-state index contributed by atoms with van der Waals surface area (Å²) < 4.78 is 7.50. The van der Waals surface area contributed by atoms with Gasteiger partial charge in [0.2, 0.25) is 5.91 Å². The Bertz CT molecular complexity index is 1490. The molecule has 1 heterocycles. The molecule has 0 bridgehead atoms. The fraction of sp³-hybridized carbons (Fsp3) is 0.257. The number of hydrogen-bond donors (Lipinski definition) is 4. The summed E-state index contributed by atoms with van der Waals surface area (Å²) in [7, 11) is 0. The zero-order valence-corrected chi connectivity index (χ0v) is 26.6. The van der Waals surface area contributed by atoms with Gasteiger partial charge in [0.25, 0.3) is 0 Å². The Labute approximate surface area is 270 Å². The predicted octanol–water partition coefficient (Wildman–Crippen LogP) is 6.94. The van der Waals surface area contributed by atoms with Crippen LogP contribution in [0.4, 0.5) is 10.5 Å². The maximum atomic E-state index is 13.9. The summed E-state index contributed by atoms with van der Waals surface area (Å²) in [4.78, 5) is 27.0. The van der Waals surface area contributed by atoms with E-state index in [4.69, 9.17) is 4.74 Å². The van der Waals surface area contributed by atoms with E-state index in [1.807, 2.05) is 97.1 Å². The third kappa shape index (κ3) is 8.95. The summed E-state index contributed by atoms with van der Waals surface area (Å²) in [6, 6.07) is 33.9. The van der Waals surface area contributed by atoms with E-state index in [1.54, 1.807) is 11.8 Å². The lowest BCUT2D eigenvalue weighted by molar-refractivity contribution is -0.118. The van der Waals surface area contributed by atoms with Crippen LogP contribution >= 0.6 is 27.7 Å². The van der Waals surface area contributed by atoms with Gasteiger partial charge in [-0.25, -0.2) is 4.79 Å². The van der Waals surface area contributed by atoms with Crippen molar-refractivity contribution in [3.05, 3.63) is 130 Å². The summed E-state index contributed by atoms with van der Waals surface area (Å²) in [5, 5.41) is 18.8. The zero-order chi connectivity index (χ0) is 30.7. The van der Waals surface area contributed by atoms with Crippen molar-refractivity contribution in [2.45, 2.75) is 41.9 Å². The number of nitrogens with one attached hydrogen (secondary N) is 3. The van der Waals surface area contributed by atoms with E-state index in [-0.39, 0.29) is 12.2 Å². The molecule has 228 valence electrons. The number of morpholine rings is 1. The topological polar surface area (TPSA) is 99.7 Å². The first-order valence-corrected chi connectivity index (χ1v) is 16.5. The molecule has 1 saturated heterocycles. The highest BCUT2D eigenvalue weighted by atomic mass is 79.9. The molecule has 44 heavy (non-hydrogen) atoms. The molecular formula is C35H36BrN3O4S. The first kappa shape index (κ1) is 31.8. The largest absolute Gasteiger partial charge is 0.465 e. The van der Waals surface area contributed by atoms with E-state index in [0.29, 0.717) is 12.1 Å². The van der Waals surface area contributed by atoms with Crippen molar-refractivity contribution >= 4 is 45.4 Å². The fourth-order valence-electron chi connectivity index (χ4n) is 5.51. The molecule has 2 amide bonds. The van der Waals surface area contributed by atoms with Gasteiger partial charge in [-0.05, 0) is 53.8 Å². The van der Waals surface area contributed by atoms with E-state index in [0.717, 1.165) is 46.4 Å². The Morgan fingerprint density at radius 2 is 1.55 bits per heavy atom. The number of benzene rings is 4. The number of anilines is 1. The van der Waals surface area contributed by atoms with Crippen LogP contribution in [0.5, 0.6) is 0 Å². The van der Waals surface area contributed by atoms with Crippen LogP contribution in [0.15, 0.2) is 119 Å². The van der Waals surface area contributed by atoms with Gasteiger partial charge in [0.1, 0.15) is 6.04 Å². The van der Waals surface area contributed by atoms with Gasteiger partial charge in [0, 0.05) is 39.8 Å². The molecule has 0 unspecified atom stereocenters. The lowest BCUT2D eigenvalue weighted by Gasteiger charge is -2.31. The average molecular weight is 675 g/mol. The van der Waals surface area contributed by atoms with Crippen LogP contribution < -0.4 is 16.0 Å². The Morgan fingerprint density at radius 3 is 2.23 bits per heavy atom. The van der Waals surface area contributed by atoms with Gasteiger partial charge in [-0.3, -0.25) is 4.79 Å². The summed E-state index contributed by atoms with van der Waals surface area (Å²) in [6.45, 7) is 1.58. The number of rotatable bonds is 12. The highest BCUT2D eigenvalue weighted by Crippen LogP contribution is 2.30. The third-order valence-corrected chi connectivity index (χ3v) is 9.20. The zero-order valence-electron chi connectivity index (χ0n) is 24.2. The SMILES string of the molecule is O=C(O)N[C@H](C(=O)Nc1ccccc1CC[C@@H]1CNC[C@@H](CSc2cccc(Br)c2)O1)C(c1ccccc1)c1ccccc1. The molecule has 4 N–H and O–H groups in total. The van der Waals surface area contributed by atoms with Crippen LogP contribution in [0.3, 0.4) is 0 Å². The van der Waals surface area contributed by atoms with Crippen LogP contribution in [-0.4, -0.2) is 54.2 Å². The monoisotopic (exact) mass is 673 g/mol. The molecule has 4 aromatic carbocycles. The minimum atomic E-state index is -1.26. The first-order chi connectivity index (χ1) is 21.5. The van der Waals surface area contributed by atoms with Gasteiger partial charge in [-0.15, -0.1) is 11.8 Å². The number of amides is 2. The summed E-state index contributed by atoms with van der Waals surface area (Å²) in [5.74, 6) is -0.0823. The van der Waals surface area contributed by atoms with Gasteiger partial charge in [-0.2, -0.15) is 0 Å². The van der Waals surface area contributed by atoms with Crippen molar-refractivity contribution in [2.24, 2.45) is 0 Å². The number of aryl methyl sites for hydroxylation is 1. The standard InChI is InChI=1S/C35H36BrN3O4S/c36-27-15-9-16-30(20-27)44-23-29-22-37-21-28(43-29)19-18-24-10-7-8-17-31(24)38-34(40)33(39-35(41)42)32(25-11-3-1-4-12-25)26-13-5-2-6-14-26/h1-17,20,28-29,32-33,37,39H,18-19,21-23H2,(H,38,40)(H,41,42)/t28-,29+,33+/m1/s1. The molecule has 4 aromatic rings. The minimum Gasteiger partial charge on any atom is -0.465 e. The van der Waals surface area contributed by atoms with Gasteiger partial charge in [0.05, 0.1) is 12.2 Å². The maximum Gasteiger partial charge on any atom is 0.405 e. The number of para-hydroxylation sites is 1. The molecule has 3 atom stereocenters. The lowest BCUT2D eigenvalue weighted by atomic mass is 9.84. The quantitative estimate of drug-likeness (QED) is 0.122. The van der Waals surface area contributed by atoms with Crippen molar-refractivity contribution in [2.75, 3.05) is 24.2 Å². The number of hydrogen-bond acceptors (Lipinski definition) is 5. The van der Waals surface area contributed by atoms with E-state index >= 15 is 0 Å². The van der Waals surface area contributed by atoms with Crippen molar-refractivity contribution < 1.29 is 19.4 Å². The summed E-state index contributed by atoms with van der Waals surface area (Å²) in [5.41, 5.74) is 3.33. The molecule has 0 spiro atoms. The van der Waals surface area contributed by atoms with Gasteiger partial charge in [-0.1, -0.05) is 101 Å². The Balaban J connectivity index is 1.26. The molecule has 1 aliphatic rings. The second-order valence-corrected chi connectivity index (χ2v) is 12.7. The fourth-order valence-corrected chi connectivity index (χ4v) is 7.02. The van der Waals surface area contributed by atoms with E-state index in [9.17, 15) is 14.7 Å². The Hall–Kier alpha value is -3.63. The summed E-state index contributed by atoms with van der Waals surface area (Å²) >= 11 is 5.32. The van der Waals surface area contributed by atoms with E-state index in [2.05, 4.69) is 44.0 Å². The maximum absolute atomic E-state index is 13.9. The number of carbonyl (C=O) groups excluding carboxylic acids is 1. The number of carboxylic acid groups (broad SMARTS) is 1.